The number of carbonyl (C=O) groups is 1. The fraction of sp³-hybridized carbons (Fsp3) is 0.345. The summed E-state index contributed by atoms with van der Waals surface area (Å²) in [6.45, 7) is 4.73. The number of amides is 1. The van der Waals surface area contributed by atoms with Crippen molar-refractivity contribution in [1.82, 2.24) is 0 Å². The molecule has 0 saturated heterocycles. The highest BCUT2D eigenvalue weighted by atomic mass is 31.2. The molecule has 3 aromatic rings. The van der Waals surface area contributed by atoms with Crippen LogP contribution in [0.25, 0.3) is 11.1 Å². The van der Waals surface area contributed by atoms with E-state index in [1.807, 2.05) is 36.4 Å². The Morgan fingerprint density at radius 2 is 1.50 bits per heavy atom. The molecule has 36 heavy (non-hydrogen) atoms. The maximum atomic E-state index is 12.7. The summed E-state index contributed by atoms with van der Waals surface area (Å²) >= 11 is 0. The summed E-state index contributed by atoms with van der Waals surface area (Å²) in [5.74, 6) is 0.559. The van der Waals surface area contributed by atoms with Crippen molar-refractivity contribution in [2.75, 3.05) is 18.5 Å². The Morgan fingerprint density at radius 3 is 2.17 bits per heavy atom. The molecule has 0 spiro atoms. The van der Waals surface area contributed by atoms with E-state index in [4.69, 9.17) is 9.26 Å². The quantitative estimate of drug-likeness (QED) is 0.177. The van der Waals surface area contributed by atoms with Gasteiger partial charge in [0.1, 0.15) is 5.75 Å². The van der Waals surface area contributed by atoms with Crippen LogP contribution in [0.4, 0.5) is 5.69 Å². The number of nitrogens with one attached hydrogen (secondary N) is 1. The third-order valence-electron chi connectivity index (χ3n) is 5.84. The van der Waals surface area contributed by atoms with Gasteiger partial charge >= 0.3 is 7.60 Å². The molecule has 1 amide bonds. The molecule has 1 unspecified atom stereocenters. The van der Waals surface area contributed by atoms with Crippen molar-refractivity contribution in [3.05, 3.63) is 78.4 Å². The molecule has 0 heterocycles. The normalized spacial score (nSPS) is 12.6. The topological polar surface area (TPSA) is 84.9 Å². The first-order valence-corrected chi connectivity index (χ1v) is 14.2. The molecule has 0 aromatic heterocycles. The highest BCUT2D eigenvalue weighted by molar-refractivity contribution is 7.61. The van der Waals surface area contributed by atoms with E-state index in [-0.39, 0.29) is 17.8 Å². The van der Waals surface area contributed by atoms with Crippen LogP contribution in [0.1, 0.15) is 62.7 Å². The van der Waals surface area contributed by atoms with E-state index in [0.717, 1.165) is 29.9 Å². The summed E-state index contributed by atoms with van der Waals surface area (Å²) < 4.78 is 23.1. The van der Waals surface area contributed by atoms with Crippen molar-refractivity contribution in [1.29, 1.82) is 0 Å². The van der Waals surface area contributed by atoms with Crippen molar-refractivity contribution >= 4 is 24.5 Å². The van der Waals surface area contributed by atoms with Gasteiger partial charge in [0.05, 0.1) is 18.5 Å². The van der Waals surface area contributed by atoms with Gasteiger partial charge in [-0.2, -0.15) is 0 Å². The second kappa shape index (κ2) is 14.0. The maximum Gasteiger partial charge on any atom is 0.358 e. The summed E-state index contributed by atoms with van der Waals surface area (Å²) in [6, 6.07) is 21.5. The van der Waals surface area contributed by atoms with Gasteiger partial charge in [-0.1, -0.05) is 69.4 Å². The van der Waals surface area contributed by atoms with Gasteiger partial charge in [0.25, 0.3) is 5.91 Å². The lowest BCUT2D eigenvalue weighted by Gasteiger charge is -2.12. The van der Waals surface area contributed by atoms with Crippen LogP contribution in [0.15, 0.2) is 72.8 Å². The third-order valence-corrected chi connectivity index (χ3v) is 7.37. The van der Waals surface area contributed by atoms with Gasteiger partial charge in [0.2, 0.25) is 0 Å². The van der Waals surface area contributed by atoms with Crippen molar-refractivity contribution in [2.45, 2.75) is 52.4 Å². The SMILES string of the molecule is CCCCCCCCOc1ccc(-c2ccc(C(=O)Nc3cccc(P(=O)(O)OCC)c3)cc2)cc1. The second-order valence-electron chi connectivity index (χ2n) is 8.66. The first-order chi connectivity index (χ1) is 17.4. The fourth-order valence-electron chi connectivity index (χ4n) is 3.84. The molecular weight excluding hydrogens is 473 g/mol. The minimum Gasteiger partial charge on any atom is -0.494 e. The van der Waals surface area contributed by atoms with Gasteiger partial charge in [0, 0.05) is 11.3 Å². The van der Waals surface area contributed by atoms with Crippen LogP contribution >= 0.6 is 7.60 Å². The molecule has 0 bridgehead atoms. The minimum absolute atomic E-state index is 0.117. The molecule has 2 N–H and O–H groups in total. The van der Waals surface area contributed by atoms with E-state index < -0.39 is 7.60 Å². The highest BCUT2D eigenvalue weighted by Crippen LogP contribution is 2.40. The van der Waals surface area contributed by atoms with E-state index in [2.05, 4.69) is 12.2 Å². The molecule has 6 nitrogen and oxygen atoms in total. The van der Waals surface area contributed by atoms with E-state index in [1.54, 1.807) is 31.2 Å². The number of rotatable bonds is 14. The van der Waals surface area contributed by atoms with Gasteiger partial charge in [-0.05, 0) is 66.9 Å². The standard InChI is InChI=1S/C29H36NO5P/c1-3-5-6-7-8-9-21-34-27-19-17-24(18-20-27)23-13-15-25(16-14-23)29(31)30-26-11-10-12-28(22-26)36(32,33)35-4-2/h10-20,22H,3-9,21H2,1-2H3,(H,30,31)(H,32,33). The molecule has 0 aliphatic carbocycles. The van der Waals surface area contributed by atoms with Crippen LogP contribution in [-0.4, -0.2) is 24.0 Å². The fourth-order valence-corrected chi connectivity index (χ4v) is 4.92. The molecule has 7 heteroatoms. The molecular formula is C29H36NO5P. The molecule has 0 radical (unpaired) electrons. The predicted molar refractivity (Wildman–Crippen MR) is 146 cm³/mol. The van der Waals surface area contributed by atoms with Gasteiger partial charge < -0.3 is 19.5 Å². The molecule has 3 aromatic carbocycles. The Hall–Kier alpha value is -2.92. The molecule has 192 valence electrons. The lowest BCUT2D eigenvalue weighted by atomic mass is 10.0. The van der Waals surface area contributed by atoms with Crippen LogP contribution in [0, 0.1) is 0 Å². The lowest BCUT2D eigenvalue weighted by Crippen LogP contribution is -2.14. The predicted octanol–water partition coefficient (Wildman–Crippen LogP) is 7.19. The summed E-state index contributed by atoms with van der Waals surface area (Å²) in [5.41, 5.74) is 2.94. The smallest absolute Gasteiger partial charge is 0.358 e. The van der Waals surface area contributed by atoms with E-state index >= 15 is 0 Å². The molecule has 1 atom stereocenters. The number of anilines is 1. The molecule has 0 aliphatic rings. The molecule has 0 aliphatic heterocycles. The van der Waals surface area contributed by atoms with Crippen molar-refractivity contribution < 1.29 is 23.5 Å². The van der Waals surface area contributed by atoms with Gasteiger partial charge in [-0.15, -0.1) is 0 Å². The van der Waals surface area contributed by atoms with Gasteiger partial charge in [0.15, 0.2) is 0 Å². The van der Waals surface area contributed by atoms with E-state index in [0.29, 0.717) is 11.3 Å². The average Bonchev–Trinajstić information content (AvgIpc) is 2.89. The molecule has 0 saturated carbocycles. The Balaban J connectivity index is 1.54. The Labute approximate surface area is 214 Å². The number of ether oxygens (including phenoxy) is 1. The zero-order valence-corrected chi connectivity index (χ0v) is 22.0. The summed E-state index contributed by atoms with van der Waals surface area (Å²) in [7, 11) is -3.91. The Bertz CT molecular complexity index is 1150. The van der Waals surface area contributed by atoms with Crippen LogP contribution in [0.5, 0.6) is 5.75 Å². The van der Waals surface area contributed by atoms with Crippen LogP contribution in [-0.2, 0) is 9.09 Å². The van der Waals surface area contributed by atoms with Crippen LogP contribution in [0.3, 0.4) is 0 Å². The highest BCUT2D eigenvalue weighted by Gasteiger charge is 2.22. The molecule has 3 rings (SSSR count). The summed E-state index contributed by atoms with van der Waals surface area (Å²) in [6.07, 6.45) is 7.43. The van der Waals surface area contributed by atoms with Crippen molar-refractivity contribution in [3.63, 3.8) is 0 Å². The van der Waals surface area contributed by atoms with Crippen molar-refractivity contribution in [2.24, 2.45) is 0 Å². The van der Waals surface area contributed by atoms with Gasteiger partial charge in [-0.3, -0.25) is 9.36 Å². The zero-order chi connectivity index (χ0) is 25.8. The number of benzene rings is 3. The molecule has 0 fully saturated rings. The number of hydrogen-bond acceptors (Lipinski definition) is 4. The zero-order valence-electron chi connectivity index (χ0n) is 21.1. The monoisotopic (exact) mass is 509 g/mol. The Morgan fingerprint density at radius 1 is 0.861 bits per heavy atom. The van der Waals surface area contributed by atoms with Crippen molar-refractivity contribution in [3.8, 4) is 16.9 Å². The Kier molecular flexibility index (Phi) is 10.7. The minimum atomic E-state index is -3.91. The summed E-state index contributed by atoms with van der Waals surface area (Å²) in [5, 5.41) is 2.91. The van der Waals surface area contributed by atoms with E-state index in [9.17, 15) is 14.3 Å². The average molecular weight is 510 g/mol. The number of carbonyl (C=O) groups excluding carboxylic acids is 1. The first kappa shape index (κ1) is 27.7. The number of hydrogen-bond donors (Lipinski definition) is 2. The lowest BCUT2D eigenvalue weighted by molar-refractivity contribution is 0.102. The van der Waals surface area contributed by atoms with E-state index in [1.165, 1.54) is 44.2 Å². The summed E-state index contributed by atoms with van der Waals surface area (Å²) in [4.78, 5) is 22.7. The van der Waals surface area contributed by atoms with Gasteiger partial charge in [-0.25, -0.2) is 0 Å². The second-order valence-corrected chi connectivity index (χ2v) is 10.5. The first-order valence-electron chi connectivity index (χ1n) is 12.7. The van der Waals surface area contributed by atoms with Crippen LogP contribution in [0.2, 0.25) is 0 Å². The largest absolute Gasteiger partial charge is 0.494 e. The number of unbranched alkanes of at least 4 members (excludes halogenated alkanes) is 5. The van der Waals surface area contributed by atoms with Crippen LogP contribution < -0.4 is 15.4 Å². The maximum absolute atomic E-state index is 12.7. The third kappa shape index (κ3) is 8.34.